The maximum Gasteiger partial charge on any atom is 0.160 e. The molecule has 2 heteroatoms. The minimum Gasteiger partial charge on any atom is -0.396 e. The van der Waals surface area contributed by atoms with Crippen LogP contribution in [0, 0.1) is 25.2 Å². The van der Waals surface area contributed by atoms with Crippen molar-refractivity contribution in [2.24, 2.45) is 11.3 Å². The molecule has 1 atom stereocenters. The molecule has 150 valence electrons. The van der Waals surface area contributed by atoms with Gasteiger partial charge in [0.15, 0.2) is 5.78 Å². The van der Waals surface area contributed by atoms with Gasteiger partial charge < -0.3 is 5.11 Å². The van der Waals surface area contributed by atoms with Gasteiger partial charge in [-0.3, -0.25) is 4.79 Å². The highest BCUT2D eigenvalue weighted by atomic mass is 16.3. The van der Waals surface area contributed by atoms with Gasteiger partial charge in [0.25, 0.3) is 0 Å². The van der Waals surface area contributed by atoms with Crippen molar-refractivity contribution in [3.05, 3.63) is 76.4 Å². The van der Waals surface area contributed by atoms with Crippen molar-refractivity contribution in [2.45, 2.75) is 54.4 Å². The van der Waals surface area contributed by atoms with Crippen LogP contribution in [0.15, 0.2) is 54.2 Å². The molecule has 2 nitrogen and oxygen atoms in total. The van der Waals surface area contributed by atoms with Gasteiger partial charge in [0, 0.05) is 12.2 Å². The number of carbonyl (C=O) groups is 1. The number of carbonyl (C=O) groups excluding carboxylic acids is 1. The minimum absolute atomic E-state index is 0.0244. The van der Waals surface area contributed by atoms with E-state index in [1.165, 1.54) is 22.3 Å². The summed E-state index contributed by atoms with van der Waals surface area (Å²) in [5, 5.41) is 9.96. The van der Waals surface area contributed by atoms with Crippen molar-refractivity contribution >= 4 is 11.4 Å². The fraction of sp³-hybridized carbons (Fsp3) is 0.423. The van der Waals surface area contributed by atoms with Crippen molar-refractivity contribution in [2.75, 3.05) is 6.61 Å². The van der Waals surface area contributed by atoms with Crippen LogP contribution >= 0.6 is 0 Å². The molecule has 0 heterocycles. The Labute approximate surface area is 170 Å². The molecular weight excluding hydrogens is 344 g/mol. The average Bonchev–Trinajstić information content (AvgIpc) is 2.73. The number of allylic oxidation sites excluding steroid dienone is 6. The van der Waals surface area contributed by atoms with Gasteiger partial charge in [-0.05, 0) is 85.3 Å². The van der Waals surface area contributed by atoms with E-state index in [9.17, 15) is 9.90 Å². The van der Waals surface area contributed by atoms with E-state index in [2.05, 4.69) is 53.0 Å². The molecule has 0 radical (unpaired) electrons. The second kappa shape index (κ2) is 8.45. The predicted octanol–water partition coefficient (Wildman–Crippen LogP) is 5.92. The number of hydrogen-bond donors (Lipinski definition) is 1. The molecule has 2 rings (SSSR count). The molecular formula is C26H34O2. The first-order chi connectivity index (χ1) is 13.0. The van der Waals surface area contributed by atoms with E-state index in [0.29, 0.717) is 5.57 Å². The van der Waals surface area contributed by atoms with E-state index in [0.717, 1.165) is 29.6 Å². The zero-order chi connectivity index (χ0) is 21.2. The summed E-state index contributed by atoms with van der Waals surface area (Å²) >= 11 is 0. The standard InChI is InChI=1S/C26H34O2/c1-9-23(20(6)28)18(4)11-21-12-19(5)25(26(7,8)15-27)14-22-10-16(2)17(3)13-24(21)22/h9-11,13,25,27H,4-5,12,14-15H2,1-3,6-8H3/b21-11+,23-9+. The van der Waals surface area contributed by atoms with Gasteiger partial charge in [-0.25, -0.2) is 0 Å². The van der Waals surface area contributed by atoms with E-state index in [-0.39, 0.29) is 23.7 Å². The summed E-state index contributed by atoms with van der Waals surface area (Å²) in [4.78, 5) is 12.0. The number of aliphatic hydroxyl groups is 1. The van der Waals surface area contributed by atoms with Crippen LogP contribution in [-0.2, 0) is 11.2 Å². The maximum atomic E-state index is 12.0. The monoisotopic (exact) mass is 378 g/mol. The first-order valence-electron chi connectivity index (χ1n) is 9.98. The second-order valence-corrected chi connectivity index (χ2v) is 8.79. The van der Waals surface area contributed by atoms with E-state index in [4.69, 9.17) is 0 Å². The van der Waals surface area contributed by atoms with E-state index in [1.54, 1.807) is 6.92 Å². The number of ketones is 1. The van der Waals surface area contributed by atoms with Crippen LogP contribution in [0.5, 0.6) is 0 Å². The lowest BCUT2D eigenvalue weighted by Gasteiger charge is -2.33. The van der Waals surface area contributed by atoms with Gasteiger partial charge in [0.05, 0.1) is 0 Å². The second-order valence-electron chi connectivity index (χ2n) is 8.79. The van der Waals surface area contributed by atoms with Crippen LogP contribution in [0.25, 0.3) is 5.57 Å². The van der Waals surface area contributed by atoms with Gasteiger partial charge in [-0.2, -0.15) is 0 Å². The summed E-state index contributed by atoms with van der Waals surface area (Å²) in [6, 6.07) is 4.51. The minimum atomic E-state index is -0.243. The fourth-order valence-corrected chi connectivity index (χ4v) is 4.14. The number of fused-ring (bicyclic) bond motifs is 1. The molecule has 0 aromatic heterocycles. The summed E-state index contributed by atoms with van der Waals surface area (Å²) in [6.45, 7) is 20.6. The maximum absolute atomic E-state index is 12.0. The molecule has 0 saturated heterocycles. The molecule has 1 aromatic rings. The van der Waals surface area contributed by atoms with Crippen molar-refractivity contribution in [3.8, 4) is 0 Å². The Kier molecular flexibility index (Phi) is 6.67. The Bertz CT molecular complexity index is 878. The van der Waals surface area contributed by atoms with Crippen LogP contribution in [0.3, 0.4) is 0 Å². The van der Waals surface area contributed by atoms with Crippen LogP contribution in [0.1, 0.15) is 56.4 Å². The molecule has 1 aromatic carbocycles. The highest BCUT2D eigenvalue weighted by Gasteiger charge is 2.34. The number of rotatable bonds is 5. The molecule has 1 N–H and O–H groups in total. The zero-order valence-corrected chi connectivity index (χ0v) is 18.3. The number of benzene rings is 1. The summed E-state index contributed by atoms with van der Waals surface area (Å²) < 4.78 is 0. The average molecular weight is 379 g/mol. The van der Waals surface area contributed by atoms with Gasteiger partial charge in [0.2, 0.25) is 0 Å². The van der Waals surface area contributed by atoms with Crippen molar-refractivity contribution in [1.29, 1.82) is 0 Å². The molecule has 1 unspecified atom stereocenters. The van der Waals surface area contributed by atoms with Crippen LogP contribution in [-0.4, -0.2) is 17.5 Å². The third-order valence-electron chi connectivity index (χ3n) is 6.11. The largest absolute Gasteiger partial charge is 0.396 e. The summed E-state index contributed by atoms with van der Waals surface area (Å²) in [6.07, 6.45) is 5.45. The van der Waals surface area contributed by atoms with Crippen LogP contribution in [0.4, 0.5) is 0 Å². The number of aliphatic hydroxyl groups excluding tert-OH is 1. The Morgan fingerprint density at radius 2 is 1.89 bits per heavy atom. The molecule has 0 spiro atoms. The summed E-state index contributed by atoms with van der Waals surface area (Å²) in [5.41, 5.74) is 8.41. The van der Waals surface area contributed by atoms with E-state index in [1.807, 2.05) is 19.1 Å². The molecule has 1 aliphatic carbocycles. The highest BCUT2D eigenvalue weighted by molar-refractivity contribution is 5.99. The third kappa shape index (κ3) is 4.44. The van der Waals surface area contributed by atoms with Crippen molar-refractivity contribution < 1.29 is 9.90 Å². The Balaban J connectivity index is 2.65. The molecule has 28 heavy (non-hydrogen) atoms. The zero-order valence-electron chi connectivity index (χ0n) is 18.3. The first kappa shape index (κ1) is 22.1. The lowest BCUT2D eigenvalue weighted by atomic mass is 9.72. The Hall–Kier alpha value is -2.19. The van der Waals surface area contributed by atoms with Crippen molar-refractivity contribution in [1.82, 2.24) is 0 Å². The summed E-state index contributed by atoms with van der Waals surface area (Å²) in [7, 11) is 0. The molecule has 0 aliphatic heterocycles. The van der Waals surface area contributed by atoms with Crippen LogP contribution in [0.2, 0.25) is 0 Å². The molecule has 0 bridgehead atoms. The topological polar surface area (TPSA) is 37.3 Å². The molecule has 0 saturated carbocycles. The van der Waals surface area contributed by atoms with Crippen LogP contribution < -0.4 is 0 Å². The fourth-order valence-electron chi connectivity index (χ4n) is 4.14. The third-order valence-corrected chi connectivity index (χ3v) is 6.11. The predicted molar refractivity (Wildman–Crippen MR) is 119 cm³/mol. The Morgan fingerprint density at radius 1 is 1.29 bits per heavy atom. The number of aryl methyl sites for hydroxylation is 2. The first-order valence-corrected chi connectivity index (χ1v) is 9.98. The van der Waals surface area contributed by atoms with Gasteiger partial charge in [-0.15, -0.1) is 0 Å². The Morgan fingerprint density at radius 3 is 2.43 bits per heavy atom. The molecule has 0 fully saturated rings. The smallest absolute Gasteiger partial charge is 0.160 e. The van der Waals surface area contributed by atoms with Gasteiger partial charge in [0.1, 0.15) is 0 Å². The number of Topliss-reactive ketones (excluding diaryl/α,β-unsaturated/α-hetero) is 1. The molecule has 0 amide bonds. The number of hydrogen-bond acceptors (Lipinski definition) is 2. The summed E-state index contributed by atoms with van der Waals surface area (Å²) in [5.74, 6) is 0.211. The van der Waals surface area contributed by atoms with Gasteiger partial charge in [-0.1, -0.05) is 56.9 Å². The molecule has 1 aliphatic rings. The quantitative estimate of drug-likeness (QED) is 0.299. The SMILES string of the molecule is C=C(/C=C1\CC(=C)C(C(C)(C)CO)Cc2cc(C)c(C)cc21)/C(=C\C)C(C)=O. The lowest BCUT2D eigenvalue weighted by molar-refractivity contribution is -0.113. The lowest BCUT2D eigenvalue weighted by Crippen LogP contribution is -2.30. The van der Waals surface area contributed by atoms with E-state index >= 15 is 0 Å². The van der Waals surface area contributed by atoms with E-state index < -0.39 is 0 Å². The highest BCUT2D eigenvalue weighted by Crippen LogP contribution is 2.43. The van der Waals surface area contributed by atoms with Gasteiger partial charge >= 0.3 is 0 Å². The van der Waals surface area contributed by atoms with Crippen molar-refractivity contribution in [3.63, 3.8) is 0 Å². The normalized spacial score (nSPS) is 19.4.